The van der Waals surface area contributed by atoms with Crippen molar-refractivity contribution in [3.05, 3.63) is 23.8 Å². The minimum atomic E-state index is 0.608. The second-order valence-corrected chi connectivity index (χ2v) is 6.29. The van der Waals surface area contributed by atoms with E-state index >= 15 is 0 Å². The Morgan fingerprint density at radius 3 is 2.48 bits per heavy atom. The van der Waals surface area contributed by atoms with Crippen LogP contribution in [0.4, 0.5) is 0 Å². The quantitative estimate of drug-likeness (QED) is 0.850. The third-order valence-corrected chi connectivity index (χ3v) is 4.86. The van der Waals surface area contributed by atoms with Crippen LogP contribution in [0.5, 0.6) is 11.5 Å². The first-order valence-electron chi connectivity index (χ1n) is 7.89. The van der Waals surface area contributed by atoms with Gasteiger partial charge in [-0.3, -0.25) is 9.80 Å². The van der Waals surface area contributed by atoms with E-state index in [2.05, 4.69) is 28.9 Å². The molecule has 116 valence electrons. The van der Waals surface area contributed by atoms with Gasteiger partial charge in [-0.05, 0) is 44.0 Å². The Morgan fingerprint density at radius 1 is 1.10 bits per heavy atom. The monoisotopic (exact) mass is 290 g/mol. The summed E-state index contributed by atoms with van der Waals surface area (Å²) < 4.78 is 10.8. The number of piperazine rings is 1. The van der Waals surface area contributed by atoms with Crippen LogP contribution in [-0.4, -0.2) is 55.7 Å². The summed E-state index contributed by atoms with van der Waals surface area (Å²) in [5, 5.41) is 0. The lowest BCUT2D eigenvalue weighted by molar-refractivity contribution is 0.0539. The highest BCUT2D eigenvalue weighted by molar-refractivity contribution is 5.38. The Hall–Kier alpha value is -1.26. The summed E-state index contributed by atoms with van der Waals surface area (Å²) in [4.78, 5) is 5.26. The lowest BCUT2D eigenvalue weighted by Gasteiger charge is -2.42. The molecule has 2 atom stereocenters. The maximum Gasteiger partial charge on any atom is 0.122 e. The molecule has 2 heterocycles. The van der Waals surface area contributed by atoms with Gasteiger partial charge in [-0.2, -0.15) is 0 Å². The molecule has 4 heteroatoms. The normalized spacial score (nSPS) is 26.6. The molecule has 0 bridgehead atoms. The molecule has 0 spiro atoms. The smallest absolute Gasteiger partial charge is 0.122 e. The van der Waals surface area contributed by atoms with E-state index in [-0.39, 0.29) is 0 Å². The van der Waals surface area contributed by atoms with Gasteiger partial charge in [0.05, 0.1) is 14.2 Å². The fourth-order valence-corrected chi connectivity index (χ4v) is 3.66. The molecular formula is C17H26N2O2. The van der Waals surface area contributed by atoms with E-state index in [1.165, 1.54) is 38.0 Å². The van der Waals surface area contributed by atoms with Crippen molar-refractivity contribution < 1.29 is 9.47 Å². The van der Waals surface area contributed by atoms with Crippen LogP contribution in [0.2, 0.25) is 0 Å². The first kappa shape index (κ1) is 14.7. The van der Waals surface area contributed by atoms with Crippen molar-refractivity contribution in [2.45, 2.75) is 38.4 Å². The van der Waals surface area contributed by atoms with Crippen molar-refractivity contribution in [2.24, 2.45) is 0 Å². The van der Waals surface area contributed by atoms with Gasteiger partial charge >= 0.3 is 0 Å². The van der Waals surface area contributed by atoms with Crippen molar-refractivity contribution in [1.82, 2.24) is 9.80 Å². The van der Waals surface area contributed by atoms with Crippen LogP contribution in [-0.2, 0) is 6.54 Å². The van der Waals surface area contributed by atoms with Crippen molar-refractivity contribution in [1.29, 1.82) is 0 Å². The third-order valence-electron chi connectivity index (χ3n) is 4.86. The molecule has 1 aromatic rings. The van der Waals surface area contributed by atoms with Crippen molar-refractivity contribution in [3.63, 3.8) is 0 Å². The fourth-order valence-electron chi connectivity index (χ4n) is 3.66. The average Bonchev–Trinajstić information content (AvgIpc) is 2.94. The number of nitrogens with zero attached hydrogens (tertiary/aromatic N) is 2. The molecule has 0 N–H and O–H groups in total. The fraction of sp³-hybridized carbons (Fsp3) is 0.647. The molecule has 21 heavy (non-hydrogen) atoms. The molecule has 2 aliphatic heterocycles. The van der Waals surface area contributed by atoms with E-state index in [0.717, 1.165) is 24.1 Å². The van der Waals surface area contributed by atoms with Gasteiger partial charge in [-0.15, -0.1) is 0 Å². The summed E-state index contributed by atoms with van der Waals surface area (Å²) >= 11 is 0. The zero-order valence-electron chi connectivity index (χ0n) is 13.3. The standard InChI is InChI=1S/C17H26N2O2/c1-13-10-18-6-4-5-15(18)12-19(13)11-14-7-16(20-2)9-17(8-14)21-3/h7-9,13,15H,4-6,10-12H2,1-3H3/t13-,15-/m0/s1. The number of hydrogen-bond acceptors (Lipinski definition) is 4. The number of ether oxygens (including phenoxy) is 2. The molecule has 4 nitrogen and oxygen atoms in total. The number of rotatable bonds is 4. The van der Waals surface area contributed by atoms with Crippen LogP contribution in [0.15, 0.2) is 18.2 Å². The average molecular weight is 290 g/mol. The van der Waals surface area contributed by atoms with Gasteiger partial charge in [0, 0.05) is 37.8 Å². The van der Waals surface area contributed by atoms with Crippen molar-refractivity contribution >= 4 is 0 Å². The third kappa shape index (κ3) is 3.16. The van der Waals surface area contributed by atoms with Gasteiger partial charge in [0.1, 0.15) is 11.5 Å². The number of hydrogen-bond donors (Lipinski definition) is 0. The van der Waals surface area contributed by atoms with Gasteiger partial charge in [0.15, 0.2) is 0 Å². The Bertz CT molecular complexity index is 469. The molecular weight excluding hydrogens is 264 g/mol. The summed E-state index contributed by atoms with van der Waals surface area (Å²) in [7, 11) is 3.41. The molecule has 0 amide bonds. The Kier molecular flexibility index (Phi) is 4.36. The molecule has 0 radical (unpaired) electrons. The number of fused-ring (bicyclic) bond motifs is 1. The van der Waals surface area contributed by atoms with Crippen LogP contribution in [0.1, 0.15) is 25.3 Å². The van der Waals surface area contributed by atoms with E-state index < -0.39 is 0 Å². The summed E-state index contributed by atoms with van der Waals surface area (Å²) in [5.74, 6) is 1.74. The lowest BCUT2D eigenvalue weighted by Crippen LogP contribution is -2.54. The van der Waals surface area contributed by atoms with E-state index in [9.17, 15) is 0 Å². The first-order chi connectivity index (χ1) is 10.2. The topological polar surface area (TPSA) is 24.9 Å². The summed E-state index contributed by atoms with van der Waals surface area (Å²) in [6.45, 7) is 6.98. The number of methoxy groups -OCH3 is 2. The van der Waals surface area contributed by atoms with E-state index in [1.807, 2.05) is 6.07 Å². The maximum atomic E-state index is 5.38. The summed E-state index contributed by atoms with van der Waals surface area (Å²) in [6.07, 6.45) is 2.71. The van der Waals surface area contributed by atoms with E-state index in [1.54, 1.807) is 14.2 Å². The van der Waals surface area contributed by atoms with Crippen LogP contribution in [0, 0.1) is 0 Å². The molecule has 2 saturated heterocycles. The zero-order valence-corrected chi connectivity index (χ0v) is 13.3. The van der Waals surface area contributed by atoms with Crippen LogP contribution in [0.25, 0.3) is 0 Å². The molecule has 0 aliphatic carbocycles. The Balaban J connectivity index is 1.73. The second kappa shape index (κ2) is 6.24. The Morgan fingerprint density at radius 2 is 1.81 bits per heavy atom. The zero-order chi connectivity index (χ0) is 14.8. The summed E-state index contributed by atoms with van der Waals surface area (Å²) in [5.41, 5.74) is 1.27. The predicted octanol–water partition coefficient (Wildman–Crippen LogP) is 2.37. The second-order valence-electron chi connectivity index (χ2n) is 6.29. The highest BCUT2D eigenvalue weighted by Crippen LogP contribution is 2.28. The number of benzene rings is 1. The minimum absolute atomic E-state index is 0.608. The van der Waals surface area contributed by atoms with Crippen LogP contribution < -0.4 is 9.47 Å². The molecule has 1 aromatic carbocycles. The SMILES string of the molecule is COc1cc(CN2C[C@@H]3CCCN3C[C@@H]2C)cc(OC)c1. The molecule has 0 aromatic heterocycles. The highest BCUT2D eigenvalue weighted by Gasteiger charge is 2.34. The maximum absolute atomic E-state index is 5.38. The molecule has 2 aliphatic rings. The van der Waals surface area contributed by atoms with E-state index in [0.29, 0.717) is 6.04 Å². The van der Waals surface area contributed by atoms with Gasteiger partial charge in [-0.1, -0.05) is 0 Å². The van der Waals surface area contributed by atoms with Gasteiger partial charge < -0.3 is 9.47 Å². The molecule has 0 unspecified atom stereocenters. The van der Waals surface area contributed by atoms with Crippen molar-refractivity contribution in [2.75, 3.05) is 33.9 Å². The van der Waals surface area contributed by atoms with Gasteiger partial charge in [-0.25, -0.2) is 0 Å². The molecule has 2 fully saturated rings. The van der Waals surface area contributed by atoms with E-state index in [4.69, 9.17) is 9.47 Å². The molecule has 0 saturated carbocycles. The first-order valence-corrected chi connectivity index (χ1v) is 7.89. The van der Waals surface area contributed by atoms with Gasteiger partial charge in [0.25, 0.3) is 0 Å². The predicted molar refractivity (Wildman–Crippen MR) is 84.0 cm³/mol. The van der Waals surface area contributed by atoms with Gasteiger partial charge in [0.2, 0.25) is 0 Å². The molecule has 3 rings (SSSR count). The Labute approximate surface area is 127 Å². The largest absolute Gasteiger partial charge is 0.497 e. The summed E-state index contributed by atoms with van der Waals surface area (Å²) in [6, 6.07) is 7.54. The minimum Gasteiger partial charge on any atom is -0.497 e. The highest BCUT2D eigenvalue weighted by atomic mass is 16.5. The van der Waals surface area contributed by atoms with Crippen LogP contribution >= 0.6 is 0 Å². The van der Waals surface area contributed by atoms with Crippen LogP contribution in [0.3, 0.4) is 0 Å². The lowest BCUT2D eigenvalue weighted by atomic mass is 10.1. The van der Waals surface area contributed by atoms with Crippen molar-refractivity contribution in [3.8, 4) is 11.5 Å².